The highest BCUT2D eigenvalue weighted by Gasteiger charge is 2.19. The molecule has 1 unspecified atom stereocenters. The minimum atomic E-state index is 0.747. The molecule has 1 rings (SSSR count). The zero-order chi connectivity index (χ0) is 11.1. The molecular formula is C13H27NS. The van der Waals surface area contributed by atoms with Crippen molar-refractivity contribution in [2.45, 2.75) is 52.0 Å². The minimum Gasteiger partial charge on any atom is -0.316 e. The molecule has 0 aromatic carbocycles. The van der Waals surface area contributed by atoms with Crippen molar-refractivity contribution in [3.63, 3.8) is 0 Å². The van der Waals surface area contributed by atoms with Crippen molar-refractivity contribution in [1.82, 2.24) is 5.32 Å². The normalized spacial score (nSPS) is 20.0. The van der Waals surface area contributed by atoms with E-state index in [0.717, 1.165) is 17.9 Å². The predicted octanol–water partition coefficient (Wildman–Crippen LogP) is 3.54. The molecule has 0 aromatic heterocycles. The molecule has 1 aliphatic carbocycles. The Morgan fingerprint density at radius 2 is 1.87 bits per heavy atom. The standard InChI is InChI=1S/C13H27NS/c1-11(2)9-15-10-13(14-3)8-12-6-4-5-7-12/h11-14H,4-10H2,1-3H3. The number of hydrogen-bond donors (Lipinski definition) is 1. The summed E-state index contributed by atoms with van der Waals surface area (Å²) in [6.07, 6.45) is 7.31. The molecular weight excluding hydrogens is 202 g/mol. The summed E-state index contributed by atoms with van der Waals surface area (Å²) in [5.74, 6) is 4.45. The van der Waals surface area contributed by atoms with Crippen LogP contribution < -0.4 is 5.32 Å². The van der Waals surface area contributed by atoms with Crippen LogP contribution in [0.1, 0.15) is 46.0 Å². The fraction of sp³-hybridized carbons (Fsp3) is 1.00. The zero-order valence-corrected chi connectivity index (χ0v) is 11.4. The van der Waals surface area contributed by atoms with Crippen molar-refractivity contribution in [2.24, 2.45) is 11.8 Å². The number of nitrogens with one attached hydrogen (secondary N) is 1. The Bertz CT molecular complexity index is 153. The molecule has 15 heavy (non-hydrogen) atoms. The maximum absolute atomic E-state index is 3.48. The number of rotatable bonds is 7. The van der Waals surface area contributed by atoms with E-state index in [1.165, 1.54) is 43.6 Å². The van der Waals surface area contributed by atoms with Crippen LogP contribution in [0.2, 0.25) is 0 Å². The van der Waals surface area contributed by atoms with Crippen LogP contribution in [0.3, 0.4) is 0 Å². The second kappa shape index (κ2) is 7.56. The fourth-order valence-electron chi connectivity index (χ4n) is 2.36. The number of thioether (sulfide) groups is 1. The molecule has 0 heterocycles. The molecule has 1 nitrogen and oxygen atoms in total. The highest BCUT2D eigenvalue weighted by Crippen LogP contribution is 2.29. The van der Waals surface area contributed by atoms with E-state index in [2.05, 4.69) is 38.0 Å². The lowest BCUT2D eigenvalue weighted by Crippen LogP contribution is -2.30. The van der Waals surface area contributed by atoms with E-state index in [1.807, 2.05) is 0 Å². The van der Waals surface area contributed by atoms with Crippen LogP contribution in [0.4, 0.5) is 0 Å². The first-order valence-electron chi connectivity index (χ1n) is 6.47. The Morgan fingerprint density at radius 1 is 1.20 bits per heavy atom. The Kier molecular flexibility index (Phi) is 6.74. The monoisotopic (exact) mass is 229 g/mol. The van der Waals surface area contributed by atoms with E-state index in [1.54, 1.807) is 0 Å². The minimum absolute atomic E-state index is 0.747. The van der Waals surface area contributed by atoms with Crippen molar-refractivity contribution < 1.29 is 0 Å². The highest BCUT2D eigenvalue weighted by atomic mass is 32.2. The molecule has 90 valence electrons. The third-order valence-electron chi connectivity index (χ3n) is 3.27. The van der Waals surface area contributed by atoms with Gasteiger partial charge in [0.25, 0.3) is 0 Å². The zero-order valence-electron chi connectivity index (χ0n) is 10.6. The lowest BCUT2D eigenvalue weighted by molar-refractivity contribution is 0.427. The van der Waals surface area contributed by atoms with Crippen LogP contribution in [-0.2, 0) is 0 Å². The van der Waals surface area contributed by atoms with Crippen molar-refractivity contribution in [2.75, 3.05) is 18.6 Å². The quantitative estimate of drug-likeness (QED) is 0.716. The molecule has 0 aromatic rings. The third-order valence-corrected chi connectivity index (χ3v) is 4.81. The second-order valence-electron chi connectivity index (χ2n) is 5.30. The van der Waals surface area contributed by atoms with Crippen molar-refractivity contribution in [3.8, 4) is 0 Å². The summed E-state index contributed by atoms with van der Waals surface area (Å²) in [6, 6.07) is 0.747. The number of hydrogen-bond acceptors (Lipinski definition) is 2. The summed E-state index contributed by atoms with van der Waals surface area (Å²) < 4.78 is 0. The van der Waals surface area contributed by atoms with Gasteiger partial charge < -0.3 is 5.32 Å². The van der Waals surface area contributed by atoms with Gasteiger partial charge in [0, 0.05) is 11.8 Å². The van der Waals surface area contributed by atoms with Gasteiger partial charge in [0.05, 0.1) is 0 Å². The molecule has 0 saturated heterocycles. The van der Waals surface area contributed by atoms with Crippen LogP contribution in [-0.4, -0.2) is 24.6 Å². The molecule has 2 heteroatoms. The van der Waals surface area contributed by atoms with E-state index in [0.29, 0.717) is 0 Å². The molecule has 0 amide bonds. The Labute approximate surface area is 99.8 Å². The molecule has 0 radical (unpaired) electrons. The van der Waals surface area contributed by atoms with Gasteiger partial charge in [0.1, 0.15) is 0 Å². The lowest BCUT2D eigenvalue weighted by atomic mass is 9.99. The average Bonchev–Trinajstić information content (AvgIpc) is 2.68. The topological polar surface area (TPSA) is 12.0 Å². The average molecular weight is 229 g/mol. The van der Waals surface area contributed by atoms with Gasteiger partial charge in [-0.1, -0.05) is 39.5 Å². The van der Waals surface area contributed by atoms with Crippen molar-refractivity contribution in [3.05, 3.63) is 0 Å². The summed E-state index contributed by atoms with van der Waals surface area (Å²) >= 11 is 2.11. The van der Waals surface area contributed by atoms with Crippen LogP contribution in [0.5, 0.6) is 0 Å². The van der Waals surface area contributed by atoms with E-state index in [-0.39, 0.29) is 0 Å². The summed E-state index contributed by atoms with van der Waals surface area (Å²) in [7, 11) is 2.12. The molecule has 0 aliphatic heterocycles. The van der Waals surface area contributed by atoms with E-state index >= 15 is 0 Å². The molecule has 1 atom stereocenters. The van der Waals surface area contributed by atoms with Crippen molar-refractivity contribution in [1.29, 1.82) is 0 Å². The van der Waals surface area contributed by atoms with Gasteiger partial charge in [-0.15, -0.1) is 0 Å². The smallest absolute Gasteiger partial charge is 0.0157 e. The fourth-order valence-corrected chi connectivity index (χ4v) is 3.56. The van der Waals surface area contributed by atoms with Gasteiger partial charge in [-0.2, -0.15) is 11.8 Å². The third kappa shape index (κ3) is 5.82. The first-order chi connectivity index (χ1) is 7.22. The Morgan fingerprint density at radius 3 is 2.40 bits per heavy atom. The van der Waals surface area contributed by atoms with E-state index in [9.17, 15) is 0 Å². The van der Waals surface area contributed by atoms with Gasteiger partial charge >= 0.3 is 0 Å². The summed E-state index contributed by atoms with van der Waals surface area (Å²) in [5, 5.41) is 3.48. The molecule has 1 N–H and O–H groups in total. The highest BCUT2D eigenvalue weighted by molar-refractivity contribution is 7.99. The second-order valence-corrected chi connectivity index (χ2v) is 6.38. The van der Waals surface area contributed by atoms with Crippen LogP contribution in [0.25, 0.3) is 0 Å². The van der Waals surface area contributed by atoms with Crippen LogP contribution in [0.15, 0.2) is 0 Å². The van der Waals surface area contributed by atoms with E-state index in [4.69, 9.17) is 0 Å². The summed E-state index contributed by atoms with van der Waals surface area (Å²) in [4.78, 5) is 0. The molecule has 1 saturated carbocycles. The van der Waals surface area contributed by atoms with Crippen LogP contribution in [0, 0.1) is 11.8 Å². The molecule has 1 aliphatic rings. The Hall–Kier alpha value is 0.310. The van der Waals surface area contributed by atoms with Gasteiger partial charge in [-0.25, -0.2) is 0 Å². The molecule has 0 bridgehead atoms. The van der Waals surface area contributed by atoms with Crippen molar-refractivity contribution >= 4 is 11.8 Å². The first-order valence-corrected chi connectivity index (χ1v) is 7.62. The van der Waals surface area contributed by atoms with Gasteiger partial charge in [0.2, 0.25) is 0 Å². The van der Waals surface area contributed by atoms with Gasteiger partial charge in [-0.05, 0) is 31.1 Å². The maximum atomic E-state index is 3.48. The van der Waals surface area contributed by atoms with Gasteiger partial charge in [0.15, 0.2) is 0 Å². The summed E-state index contributed by atoms with van der Waals surface area (Å²) in [5.41, 5.74) is 0. The first kappa shape index (κ1) is 13.4. The van der Waals surface area contributed by atoms with Crippen LogP contribution >= 0.6 is 11.8 Å². The molecule has 0 spiro atoms. The van der Waals surface area contributed by atoms with E-state index < -0.39 is 0 Å². The SMILES string of the molecule is CNC(CSCC(C)C)CC1CCCC1. The Balaban J connectivity index is 2.11. The van der Waals surface area contributed by atoms with Gasteiger partial charge in [-0.3, -0.25) is 0 Å². The lowest BCUT2D eigenvalue weighted by Gasteiger charge is -2.20. The summed E-state index contributed by atoms with van der Waals surface area (Å²) in [6.45, 7) is 4.61. The largest absolute Gasteiger partial charge is 0.316 e. The predicted molar refractivity (Wildman–Crippen MR) is 71.6 cm³/mol. The maximum Gasteiger partial charge on any atom is 0.0157 e. The molecule has 1 fully saturated rings.